The highest BCUT2D eigenvalue weighted by molar-refractivity contribution is 6.23. The summed E-state index contributed by atoms with van der Waals surface area (Å²) in [6.45, 7) is 7.61. The van der Waals surface area contributed by atoms with E-state index in [4.69, 9.17) is 9.47 Å². The van der Waals surface area contributed by atoms with Crippen LogP contribution in [0, 0.1) is 5.92 Å². The van der Waals surface area contributed by atoms with Gasteiger partial charge in [0.15, 0.2) is 0 Å². The van der Waals surface area contributed by atoms with E-state index in [1.54, 1.807) is 23.1 Å². The van der Waals surface area contributed by atoms with E-state index in [1.165, 1.54) is 0 Å². The van der Waals surface area contributed by atoms with Crippen molar-refractivity contribution >= 4 is 29.7 Å². The van der Waals surface area contributed by atoms with E-state index in [2.05, 4.69) is 5.32 Å². The Morgan fingerprint density at radius 2 is 1.68 bits per heavy atom. The van der Waals surface area contributed by atoms with Crippen LogP contribution in [0.15, 0.2) is 18.2 Å². The van der Waals surface area contributed by atoms with Crippen LogP contribution in [0.4, 0.5) is 4.79 Å². The van der Waals surface area contributed by atoms with E-state index < -0.39 is 35.3 Å². The van der Waals surface area contributed by atoms with Crippen LogP contribution in [-0.2, 0) is 14.3 Å². The van der Waals surface area contributed by atoms with Crippen LogP contribution in [-0.4, -0.2) is 70.9 Å². The van der Waals surface area contributed by atoms with Gasteiger partial charge >= 0.3 is 6.09 Å². The van der Waals surface area contributed by atoms with Crippen molar-refractivity contribution in [3.05, 3.63) is 29.3 Å². The van der Waals surface area contributed by atoms with E-state index in [0.29, 0.717) is 18.3 Å². The SMILES string of the molecule is CC(C)(C)OC(=O)N1CCC(CCCCCOc2ccc3c(c2)C(=O)N(C2CCC(=O)NC2=O)C3=O)CC1. The zero-order chi connectivity index (χ0) is 27.4. The molecule has 1 aromatic rings. The summed E-state index contributed by atoms with van der Waals surface area (Å²) >= 11 is 0. The molecule has 4 rings (SSSR count). The number of likely N-dealkylation sites (tertiary alicyclic amines) is 1. The molecular formula is C28H37N3O7. The molecule has 0 bridgehead atoms. The van der Waals surface area contributed by atoms with E-state index in [0.717, 1.165) is 56.5 Å². The van der Waals surface area contributed by atoms with E-state index in [9.17, 15) is 24.0 Å². The maximum atomic E-state index is 12.9. The number of piperidine rings is 2. The lowest BCUT2D eigenvalue weighted by Gasteiger charge is -2.33. The number of imide groups is 2. The number of hydrogen-bond acceptors (Lipinski definition) is 7. The van der Waals surface area contributed by atoms with E-state index in [-0.39, 0.29) is 30.1 Å². The molecule has 0 radical (unpaired) electrons. The monoisotopic (exact) mass is 527 g/mol. The van der Waals surface area contributed by atoms with Crippen molar-refractivity contribution < 1.29 is 33.4 Å². The minimum Gasteiger partial charge on any atom is -0.494 e. The van der Waals surface area contributed by atoms with Crippen molar-refractivity contribution in [1.29, 1.82) is 0 Å². The lowest BCUT2D eigenvalue weighted by Crippen LogP contribution is -2.54. The lowest BCUT2D eigenvalue weighted by molar-refractivity contribution is -0.136. The van der Waals surface area contributed by atoms with Gasteiger partial charge in [0.25, 0.3) is 11.8 Å². The number of benzene rings is 1. The van der Waals surface area contributed by atoms with E-state index in [1.807, 2.05) is 20.8 Å². The zero-order valence-electron chi connectivity index (χ0n) is 22.4. The second-order valence-corrected chi connectivity index (χ2v) is 11.3. The molecule has 1 atom stereocenters. The average Bonchev–Trinajstić information content (AvgIpc) is 3.10. The zero-order valence-corrected chi connectivity index (χ0v) is 22.4. The van der Waals surface area contributed by atoms with Crippen LogP contribution < -0.4 is 10.1 Å². The Labute approximate surface area is 223 Å². The van der Waals surface area contributed by atoms with Crippen molar-refractivity contribution in [3.8, 4) is 5.75 Å². The number of nitrogens with zero attached hydrogens (tertiary/aromatic N) is 2. The molecule has 3 aliphatic rings. The molecule has 3 heterocycles. The fourth-order valence-corrected chi connectivity index (χ4v) is 5.17. The standard InChI is InChI=1S/C28H37N3O7/c1-28(2,3)38-27(36)30-14-12-18(13-15-30)7-5-4-6-16-37-19-8-9-20-21(17-19)26(35)31(25(20)34)22-10-11-23(32)29-24(22)33/h8-9,17-18,22H,4-7,10-16H2,1-3H3,(H,29,32,33). The number of nitrogens with one attached hydrogen (secondary N) is 1. The Morgan fingerprint density at radius 1 is 0.974 bits per heavy atom. The number of fused-ring (bicyclic) bond motifs is 1. The summed E-state index contributed by atoms with van der Waals surface area (Å²) in [5.74, 6) is -0.972. The summed E-state index contributed by atoms with van der Waals surface area (Å²) in [7, 11) is 0. The highest BCUT2D eigenvalue weighted by Gasteiger charge is 2.44. The molecule has 1 unspecified atom stereocenters. The number of hydrogen-bond donors (Lipinski definition) is 1. The first-order valence-electron chi connectivity index (χ1n) is 13.5. The highest BCUT2D eigenvalue weighted by atomic mass is 16.6. The molecule has 0 spiro atoms. The van der Waals surface area contributed by atoms with Gasteiger partial charge in [0.05, 0.1) is 17.7 Å². The topological polar surface area (TPSA) is 122 Å². The Kier molecular flexibility index (Phi) is 8.38. The lowest BCUT2D eigenvalue weighted by atomic mass is 9.91. The summed E-state index contributed by atoms with van der Waals surface area (Å²) in [5.41, 5.74) is -0.0153. The molecule has 0 saturated carbocycles. The summed E-state index contributed by atoms with van der Waals surface area (Å²) in [5, 5.41) is 2.20. The third-order valence-electron chi connectivity index (χ3n) is 7.20. The normalized spacial score (nSPS) is 20.4. The van der Waals surface area contributed by atoms with Gasteiger partial charge in [0.1, 0.15) is 17.4 Å². The van der Waals surface area contributed by atoms with Gasteiger partial charge in [0.2, 0.25) is 11.8 Å². The Balaban J connectivity index is 1.16. The molecule has 10 heteroatoms. The van der Waals surface area contributed by atoms with Gasteiger partial charge in [-0.1, -0.05) is 19.3 Å². The van der Waals surface area contributed by atoms with Crippen molar-refractivity contribution in [2.75, 3.05) is 19.7 Å². The Bertz CT molecular complexity index is 1100. The van der Waals surface area contributed by atoms with E-state index >= 15 is 0 Å². The first kappa shape index (κ1) is 27.6. The van der Waals surface area contributed by atoms with Gasteiger partial charge < -0.3 is 14.4 Å². The molecule has 0 aliphatic carbocycles. The summed E-state index contributed by atoms with van der Waals surface area (Å²) in [4.78, 5) is 64.3. The first-order valence-corrected chi connectivity index (χ1v) is 13.5. The van der Waals surface area contributed by atoms with Gasteiger partial charge in [0, 0.05) is 19.5 Å². The molecule has 1 aromatic carbocycles. The smallest absolute Gasteiger partial charge is 0.410 e. The van der Waals surface area contributed by atoms with Crippen LogP contribution in [0.1, 0.15) is 92.9 Å². The summed E-state index contributed by atoms with van der Waals surface area (Å²) in [6.07, 6.45) is 6.05. The van der Waals surface area contributed by atoms with Crippen molar-refractivity contribution in [1.82, 2.24) is 15.1 Å². The van der Waals surface area contributed by atoms with Crippen LogP contribution >= 0.6 is 0 Å². The number of carbonyl (C=O) groups excluding carboxylic acids is 5. The Hall–Kier alpha value is -3.43. The summed E-state index contributed by atoms with van der Waals surface area (Å²) < 4.78 is 11.3. The fourth-order valence-electron chi connectivity index (χ4n) is 5.17. The molecule has 1 N–H and O–H groups in total. The molecule has 38 heavy (non-hydrogen) atoms. The quantitative estimate of drug-likeness (QED) is 0.404. The maximum Gasteiger partial charge on any atom is 0.410 e. The molecular weight excluding hydrogens is 490 g/mol. The van der Waals surface area contributed by atoms with Crippen LogP contribution in [0.25, 0.3) is 0 Å². The number of amides is 5. The molecule has 206 valence electrons. The number of carbonyl (C=O) groups is 5. The maximum absolute atomic E-state index is 12.9. The van der Waals surface area contributed by atoms with Crippen LogP contribution in [0.5, 0.6) is 5.75 Å². The predicted molar refractivity (Wildman–Crippen MR) is 138 cm³/mol. The van der Waals surface area contributed by atoms with Crippen molar-refractivity contribution in [2.24, 2.45) is 5.92 Å². The molecule has 10 nitrogen and oxygen atoms in total. The average molecular weight is 528 g/mol. The largest absolute Gasteiger partial charge is 0.494 e. The second-order valence-electron chi connectivity index (χ2n) is 11.3. The highest BCUT2D eigenvalue weighted by Crippen LogP contribution is 2.30. The van der Waals surface area contributed by atoms with Gasteiger partial charge in [-0.2, -0.15) is 0 Å². The second kappa shape index (κ2) is 11.5. The van der Waals surface area contributed by atoms with Gasteiger partial charge in [-0.25, -0.2) is 4.79 Å². The van der Waals surface area contributed by atoms with Crippen molar-refractivity contribution in [2.45, 2.75) is 83.8 Å². The number of rotatable bonds is 8. The summed E-state index contributed by atoms with van der Waals surface area (Å²) in [6, 6.07) is 3.80. The molecule has 3 aliphatic heterocycles. The van der Waals surface area contributed by atoms with Gasteiger partial charge in [-0.15, -0.1) is 0 Å². The Morgan fingerprint density at radius 3 is 2.37 bits per heavy atom. The van der Waals surface area contributed by atoms with Gasteiger partial charge in [-0.05, 0) is 70.6 Å². The molecule has 2 saturated heterocycles. The van der Waals surface area contributed by atoms with Crippen LogP contribution in [0.2, 0.25) is 0 Å². The number of ether oxygens (including phenoxy) is 2. The molecule has 5 amide bonds. The third kappa shape index (κ3) is 6.52. The molecule has 0 aromatic heterocycles. The minimum absolute atomic E-state index is 0.0868. The first-order chi connectivity index (χ1) is 18.0. The minimum atomic E-state index is -0.978. The number of unbranched alkanes of at least 4 members (excludes halogenated alkanes) is 2. The molecule has 2 fully saturated rings. The van der Waals surface area contributed by atoms with Crippen LogP contribution in [0.3, 0.4) is 0 Å². The third-order valence-corrected chi connectivity index (χ3v) is 7.20. The van der Waals surface area contributed by atoms with Gasteiger partial charge in [-0.3, -0.25) is 29.4 Å². The fraction of sp³-hybridized carbons (Fsp3) is 0.607. The predicted octanol–water partition coefficient (Wildman–Crippen LogP) is 3.67. The van der Waals surface area contributed by atoms with Crippen molar-refractivity contribution in [3.63, 3.8) is 0 Å².